The standard InChI is InChI=1S/C29H33Cl2N3O4S/c1-5-26(29(36)32-20(2)3)33(18-22-12-10-9-11-21(22)4)28(35)19-34(27-16-15-23(30)17-25(27)31)39(37,38)24-13-7-6-8-14-24/h6-17,20,26H,5,18-19H2,1-4H3,(H,32,36)/t26-/m1/s1. The summed E-state index contributed by atoms with van der Waals surface area (Å²) in [5.41, 5.74) is 1.90. The van der Waals surface area contributed by atoms with E-state index in [9.17, 15) is 18.0 Å². The Morgan fingerprint density at radius 2 is 1.59 bits per heavy atom. The molecule has 2 amide bonds. The number of anilines is 1. The Balaban J connectivity index is 2.10. The normalized spacial score (nSPS) is 12.2. The average molecular weight is 591 g/mol. The molecule has 0 saturated carbocycles. The molecule has 3 aromatic carbocycles. The van der Waals surface area contributed by atoms with Crippen molar-refractivity contribution in [3.8, 4) is 0 Å². The van der Waals surface area contributed by atoms with Crippen LogP contribution in [-0.4, -0.2) is 43.8 Å². The lowest BCUT2D eigenvalue weighted by molar-refractivity contribution is -0.140. The maximum absolute atomic E-state index is 14.1. The smallest absolute Gasteiger partial charge is 0.264 e. The minimum atomic E-state index is -4.21. The Labute approximate surface area is 240 Å². The van der Waals surface area contributed by atoms with Crippen LogP contribution in [0.1, 0.15) is 38.3 Å². The number of nitrogens with zero attached hydrogens (tertiary/aromatic N) is 2. The predicted molar refractivity (Wildman–Crippen MR) is 157 cm³/mol. The Morgan fingerprint density at radius 1 is 0.949 bits per heavy atom. The van der Waals surface area contributed by atoms with Crippen molar-refractivity contribution in [1.82, 2.24) is 10.2 Å². The molecule has 0 heterocycles. The van der Waals surface area contributed by atoms with Crippen LogP contribution in [0.25, 0.3) is 0 Å². The molecule has 39 heavy (non-hydrogen) atoms. The van der Waals surface area contributed by atoms with Gasteiger partial charge < -0.3 is 10.2 Å². The summed E-state index contributed by atoms with van der Waals surface area (Å²) in [6, 6.07) is 18.8. The lowest BCUT2D eigenvalue weighted by Gasteiger charge is -2.34. The van der Waals surface area contributed by atoms with Crippen LogP contribution >= 0.6 is 23.2 Å². The summed E-state index contributed by atoms with van der Waals surface area (Å²) in [4.78, 5) is 28.7. The molecule has 208 valence electrons. The van der Waals surface area contributed by atoms with E-state index in [2.05, 4.69) is 5.32 Å². The van der Waals surface area contributed by atoms with E-state index in [-0.39, 0.29) is 34.1 Å². The fourth-order valence-corrected chi connectivity index (χ4v) is 6.20. The van der Waals surface area contributed by atoms with Crippen molar-refractivity contribution in [3.63, 3.8) is 0 Å². The molecule has 7 nitrogen and oxygen atoms in total. The zero-order chi connectivity index (χ0) is 28.7. The second-order valence-corrected chi connectivity index (χ2v) is 12.2. The van der Waals surface area contributed by atoms with E-state index in [0.29, 0.717) is 11.4 Å². The van der Waals surface area contributed by atoms with E-state index in [1.807, 2.05) is 52.0 Å². The third-order valence-corrected chi connectivity index (χ3v) is 8.52. The van der Waals surface area contributed by atoms with E-state index in [4.69, 9.17) is 23.2 Å². The van der Waals surface area contributed by atoms with E-state index >= 15 is 0 Å². The summed E-state index contributed by atoms with van der Waals surface area (Å²) in [6.07, 6.45) is 0.337. The van der Waals surface area contributed by atoms with Crippen LogP contribution in [-0.2, 0) is 26.2 Å². The van der Waals surface area contributed by atoms with E-state index in [0.717, 1.165) is 15.4 Å². The Kier molecular flexibility index (Phi) is 10.4. The lowest BCUT2D eigenvalue weighted by Crippen LogP contribution is -2.53. The summed E-state index contributed by atoms with van der Waals surface area (Å²) in [5, 5.41) is 3.28. The highest BCUT2D eigenvalue weighted by atomic mass is 35.5. The molecule has 3 aromatic rings. The summed E-state index contributed by atoms with van der Waals surface area (Å²) in [7, 11) is -4.21. The van der Waals surface area contributed by atoms with Gasteiger partial charge in [0.1, 0.15) is 12.6 Å². The van der Waals surface area contributed by atoms with Gasteiger partial charge in [-0.25, -0.2) is 8.42 Å². The number of sulfonamides is 1. The molecule has 0 bridgehead atoms. The molecule has 3 rings (SSSR count). The quantitative estimate of drug-likeness (QED) is 0.305. The van der Waals surface area contributed by atoms with Crippen LogP contribution in [0.15, 0.2) is 77.7 Å². The van der Waals surface area contributed by atoms with Crippen molar-refractivity contribution in [3.05, 3.63) is 94.0 Å². The second-order valence-electron chi connectivity index (χ2n) is 9.46. The number of benzene rings is 3. The van der Waals surface area contributed by atoms with Crippen molar-refractivity contribution in [2.45, 2.75) is 57.6 Å². The first-order valence-corrected chi connectivity index (χ1v) is 14.8. The highest BCUT2D eigenvalue weighted by Gasteiger charge is 2.34. The third kappa shape index (κ3) is 7.53. The Morgan fingerprint density at radius 3 is 2.18 bits per heavy atom. The van der Waals surface area contributed by atoms with Gasteiger partial charge in [0, 0.05) is 17.6 Å². The molecule has 0 aliphatic rings. The molecule has 0 unspecified atom stereocenters. The number of nitrogens with one attached hydrogen (secondary N) is 1. The number of hydrogen-bond donors (Lipinski definition) is 1. The van der Waals surface area contributed by atoms with Gasteiger partial charge in [0.2, 0.25) is 11.8 Å². The minimum Gasteiger partial charge on any atom is -0.352 e. The van der Waals surface area contributed by atoms with Gasteiger partial charge in [-0.1, -0.05) is 72.6 Å². The highest BCUT2D eigenvalue weighted by Crippen LogP contribution is 2.33. The van der Waals surface area contributed by atoms with Gasteiger partial charge in [0.15, 0.2) is 0 Å². The molecule has 0 fully saturated rings. The summed E-state index contributed by atoms with van der Waals surface area (Å²) < 4.78 is 28.7. The monoisotopic (exact) mass is 589 g/mol. The summed E-state index contributed by atoms with van der Waals surface area (Å²) >= 11 is 12.5. The van der Waals surface area contributed by atoms with Crippen LogP contribution in [0, 0.1) is 6.92 Å². The molecule has 10 heteroatoms. The fourth-order valence-electron chi connectivity index (χ4n) is 4.19. The number of amides is 2. The summed E-state index contributed by atoms with van der Waals surface area (Å²) in [6.45, 7) is 6.98. The van der Waals surface area contributed by atoms with Gasteiger partial charge in [0.25, 0.3) is 10.0 Å². The maximum Gasteiger partial charge on any atom is 0.264 e. The Bertz CT molecular complexity index is 1420. The lowest BCUT2D eigenvalue weighted by atomic mass is 10.1. The zero-order valence-electron chi connectivity index (χ0n) is 22.4. The molecule has 0 radical (unpaired) electrons. The van der Waals surface area contributed by atoms with Crippen molar-refractivity contribution >= 4 is 50.7 Å². The number of hydrogen-bond acceptors (Lipinski definition) is 4. The van der Waals surface area contributed by atoms with Crippen LogP contribution in [0.3, 0.4) is 0 Å². The van der Waals surface area contributed by atoms with Gasteiger partial charge in [-0.15, -0.1) is 0 Å². The number of aryl methyl sites for hydroxylation is 1. The second kappa shape index (κ2) is 13.3. The molecular formula is C29H33Cl2N3O4S. The van der Waals surface area contributed by atoms with Crippen LogP contribution in [0.4, 0.5) is 5.69 Å². The number of carbonyl (C=O) groups excluding carboxylic acids is 2. The van der Waals surface area contributed by atoms with Crippen LogP contribution < -0.4 is 9.62 Å². The summed E-state index contributed by atoms with van der Waals surface area (Å²) in [5.74, 6) is -0.856. The molecule has 1 N–H and O–H groups in total. The minimum absolute atomic E-state index is 0.00105. The van der Waals surface area contributed by atoms with Gasteiger partial charge >= 0.3 is 0 Å². The first-order valence-electron chi connectivity index (χ1n) is 12.6. The van der Waals surface area contributed by atoms with Crippen molar-refractivity contribution < 1.29 is 18.0 Å². The fraction of sp³-hybridized carbons (Fsp3) is 0.310. The van der Waals surface area contributed by atoms with Crippen molar-refractivity contribution in [1.29, 1.82) is 0 Å². The van der Waals surface area contributed by atoms with Gasteiger partial charge in [-0.2, -0.15) is 0 Å². The molecule has 1 atom stereocenters. The topological polar surface area (TPSA) is 86.8 Å². The third-order valence-electron chi connectivity index (χ3n) is 6.21. The molecular weight excluding hydrogens is 557 g/mol. The Hall–Kier alpha value is -3.07. The largest absolute Gasteiger partial charge is 0.352 e. The number of rotatable bonds is 11. The first-order chi connectivity index (χ1) is 18.4. The predicted octanol–water partition coefficient (Wildman–Crippen LogP) is 5.83. The molecule has 0 saturated heterocycles. The average Bonchev–Trinajstić information content (AvgIpc) is 2.88. The van der Waals surface area contributed by atoms with Gasteiger partial charge in [-0.05, 0) is 68.7 Å². The maximum atomic E-state index is 14.1. The van der Waals surface area contributed by atoms with Gasteiger partial charge in [0.05, 0.1) is 15.6 Å². The van der Waals surface area contributed by atoms with Crippen LogP contribution in [0.2, 0.25) is 10.0 Å². The zero-order valence-corrected chi connectivity index (χ0v) is 24.7. The SMILES string of the molecule is CC[C@H](C(=O)NC(C)C)N(Cc1ccccc1C)C(=O)CN(c1ccc(Cl)cc1Cl)S(=O)(=O)c1ccccc1. The number of carbonyl (C=O) groups is 2. The molecule has 0 aromatic heterocycles. The first kappa shape index (κ1) is 30.5. The van der Waals surface area contributed by atoms with Gasteiger partial charge in [-0.3, -0.25) is 13.9 Å². The number of halogens is 2. The van der Waals surface area contributed by atoms with E-state index in [1.165, 1.54) is 35.2 Å². The van der Waals surface area contributed by atoms with Crippen LogP contribution in [0.5, 0.6) is 0 Å². The molecule has 0 aliphatic carbocycles. The van der Waals surface area contributed by atoms with E-state index < -0.39 is 28.5 Å². The molecule has 0 aliphatic heterocycles. The highest BCUT2D eigenvalue weighted by molar-refractivity contribution is 7.92. The van der Waals surface area contributed by atoms with E-state index in [1.54, 1.807) is 18.2 Å². The molecule has 0 spiro atoms. The van der Waals surface area contributed by atoms with Crippen molar-refractivity contribution in [2.24, 2.45) is 0 Å². The van der Waals surface area contributed by atoms with Crippen molar-refractivity contribution in [2.75, 3.05) is 10.8 Å².